The molecule has 7 nitrogen and oxygen atoms in total. The van der Waals surface area contributed by atoms with Crippen LogP contribution in [0.1, 0.15) is 41.5 Å². The Kier molecular flexibility index (Phi) is 5.91. The van der Waals surface area contributed by atoms with Crippen molar-refractivity contribution in [2.45, 2.75) is 58.2 Å². The molecule has 2 rings (SSSR count). The molecule has 0 saturated heterocycles. The van der Waals surface area contributed by atoms with Crippen LogP contribution in [0.2, 0.25) is 16.6 Å². The van der Waals surface area contributed by atoms with Gasteiger partial charge in [-0.3, -0.25) is 10.1 Å². The molecular formula is C17H25BrN4O3Si. The van der Waals surface area contributed by atoms with Gasteiger partial charge < -0.3 is 10.2 Å². The number of anilines is 1. The predicted octanol–water partition coefficient (Wildman–Crippen LogP) is 4.88. The van der Waals surface area contributed by atoms with Crippen molar-refractivity contribution in [3.05, 3.63) is 26.9 Å². The third kappa shape index (κ3) is 3.29. The van der Waals surface area contributed by atoms with Crippen LogP contribution in [0.15, 0.2) is 21.2 Å². The van der Waals surface area contributed by atoms with Gasteiger partial charge in [-0.1, -0.05) is 41.5 Å². The third-order valence-corrected chi connectivity index (χ3v) is 12.5. The van der Waals surface area contributed by atoms with E-state index in [1.165, 1.54) is 6.07 Å². The van der Waals surface area contributed by atoms with Gasteiger partial charge in [0.2, 0.25) is 5.82 Å². The fraction of sp³-hybridized carbons (Fsp3) is 0.529. The molecule has 0 aliphatic rings. The van der Waals surface area contributed by atoms with E-state index in [1.807, 2.05) is 0 Å². The Bertz CT molecular complexity index is 799. The van der Waals surface area contributed by atoms with Gasteiger partial charge in [0.1, 0.15) is 5.69 Å². The third-order valence-electron chi connectivity index (χ3n) is 5.16. The molecule has 2 aromatic heterocycles. The lowest BCUT2D eigenvalue weighted by molar-refractivity contribution is -0.384. The molecule has 142 valence electrons. The van der Waals surface area contributed by atoms with Gasteiger partial charge in [-0.2, -0.15) is 0 Å². The normalized spacial score (nSPS) is 12.4. The summed E-state index contributed by atoms with van der Waals surface area (Å²) in [5.74, 6) is 0.318. The summed E-state index contributed by atoms with van der Waals surface area (Å²) in [5, 5.41) is 11.0. The van der Waals surface area contributed by atoms with Gasteiger partial charge in [-0.15, -0.1) is 0 Å². The molecule has 0 spiro atoms. The zero-order chi connectivity index (χ0) is 19.8. The van der Waals surface area contributed by atoms with Crippen molar-refractivity contribution in [2.75, 3.05) is 5.73 Å². The molecule has 0 saturated carbocycles. The molecule has 0 aliphatic heterocycles. The molecule has 0 amide bonds. The maximum Gasteiger partial charge on any atom is 0.312 e. The summed E-state index contributed by atoms with van der Waals surface area (Å²) in [6.45, 7) is 13.4. The molecule has 0 atom stereocenters. The highest BCUT2D eigenvalue weighted by Crippen LogP contribution is 2.41. The first kappa shape index (κ1) is 20.6. The molecule has 9 heteroatoms. The standard InChI is InChI=1S/C17H25BrN4O3Si/c1-9(2)26(10(3)4,11(5)6)17-20-8-14(25-17)15-12(18)7-13(22(23)24)16(19)21-15/h7-11H,1-6H3,(H2,19,21). The van der Waals surface area contributed by atoms with Gasteiger partial charge in [-0.25, -0.2) is 9.97 Å². The van der Waals surface area contributed by atoms with Crippen molar-refractivity contribution in [2.24, 2.45) is 0 Å². The average molecular weight is 441 g/mol. The van der Waals surface area contributed by atoms with Gasteiger partial charge in [-0.05, 0) is 32.6 Å². The molecule has 26 heavy (non-hydrogen) atoms. The van der Waals surface area contributed by atoms with Crippen molar-refractivity contribution in [3.8, 4) is 11.5 Å². The van der Waals surface area contributed by atoms with Crippen LogP contribution < -0.4 is 11.2 Å². The first-order chi connectivity index (χ1) is 12.0. The van der Waals surface area contributed by atoms with Crippen molar-refractivity contribution in [1.29, 1.82) is 0 Å². The maximum absolute atomic E-state index is 11.0. The first-order valence-electron chi connectivity index (χ1n) is 8.60. The number of hydrogen-bond acceptors (Lipinski definition) is 6. The Morgan fingerprint density at radius 1 is 1.19 bits per heavy atom. The lowest BCUT2D eigenvalue weighted by atomic mass is 10.3. The van der Waals surface area contributed by atoms with Crippen LogP contribution in [0.5, 0.6) is 0 Å². The second-order valence-electron chi connectivity index (χ2n) is 7.41. The molecule has 0 aliphatic carbocycles. The number of aromatic nitrogens is 2. The van der Waals surface area contributed by atoms with E-state index < -0.39 is 13.0 Å². The molecule has 0 fully saturated rings. The number of nitrogens with two attached hydrogens (primary N) is 1. The van der Waals surface area contributed by atoms with Crippen LogP contribution in [0.3, 0.4) is 0 Å². The Balaban J connectivity index is 2.60. The van der Waals surface area contributed by atoms with E-state index in [0.29, 0.717) is 32.6 Å². The van der Waals surface area contributed by atoms with Crippen LogP contribution in [0.25, 0.3) is 11.5 Å². The van der Waals surface area contributed by atoms with E-state index in [1.54, 1.807) is 6.20 Å². The quantitative estimate of drug-likeness (QED) is 0.389. The smallest absolute Gasteiger partial charge is 0.312 e. The number of rotatable bonds is 6. The summed E-state index contributed by atoms with van der Waals surface area (Å²) >= 11 is 3.33. The summed E-state index contributed by atoms with van der Waals surface area (Å²) in [7, 11) is -2.04. The molecule has 2 N–H and O–H groups in total. The first-order valence-corrected chi connectivity index (χ1v) is 11.6. The second kappa shape index (κ2) is 7.48. The molecule has 0 unspecified atom stereocenters. The predicted molar refractivity (Wildman–Crippen MR) is 109 cm³/mol. The largest absolute Gasteiger partial charge is 0.444 e. The van der Waals surface area contributed by atoms with Crippen molar-refractivity contribution >= 4 is 41.0 Å². The van der Waals surface area contributed by atoms with Crippen molar-refractivity contribution < 1.29 is 9.34 Å². The number of nitro groups is 1. The molecular weight excluding hydrogens is 416 g/mol. The van der Waals surface area contributed by atoms with E-state index in [9.17, 15) is 10.1 Å². The van der Waals surface area contributed by atoms with Crippen LogP contribution in [-0.4, -0.2) is 23.0 Å². The van der Waals surface area contributed by atoms with E-state index in [-0.39, 0.29) is 11.5 Å². The zero-order valence-corrected chi connectivity index (χ0v) is 18.5. The van der Waals surface area contributed by atoms with Gasteiger partial charge in [0.05, 0.1) is 15.6 Å². The Morgan fingerprint density at radius 2 is 1.73 bits per heavy atom. The zero-order valence-electron chi connectivity index (χ0n) is 15.9. The van der Waals surface area contributed by atoms with Crippen molar-refractivity contribution in [1.82, 2.24) is 9.97 Å². The van der Waals surface area contributed by atoms with Crippen LogP contribution in [-0.2, 0) is 0 Å². The molecule has 2 aromatic rings. The highest BCUT2D eigenvalue weighted by atomic mass is 79.9. The number of hydrogen-bond donors (Lipinski definition) is 1. The minimum Gasteiger partial charge on any atom is -0.444 e. The molecule has 2 heterocycles. The minimum absolute atomic E-state index is 0.147. The number of oxazole rings is 1. The summed E-state index contributed by atoms with van der Waals surface area (Å²) in [5.41, 5.74) is 8.06. The van der Waals surface area contributed by atoms with Gasteiger partial charge >= 0.3 is 5.69 Å². The Hall–Kier alpha value is -1.74. The molecule has 0 bridgehead atoms. The number of pyridine rings is 1. The highest BCUT2D eigenvalue weighted by Gasteiger charge is 2.49. The summed E-state index contributed by atoms with van der Waals surface area (Å²) in [6, 6.07) is 1.35. The molecule has 0 radical (unpaired) electrons. The lowest BCUT2D eigenvalue weighted by Crippen LogP contribution is -2.56. The lowest BCUT2D eigenvalue weighted by Gasteiger charge is -2.39. The monoisotopic (exact) mass is 440 g/mol. The number of halogens is 1. The number of nitrogen functional groups attached to an aromatic ring is 1. The van der Waals surface area contributed by atoms with Crippen LogP contribution in [0.4, 0.5) is 11.5 Å². The van der Waals surface area contributed by atoms with Gasteiger partial charge in [0.15, 0.2) is 19.3 Å². The summed E-state index contributed by atoms with van der Waals surface area (Å²) in [4.78, 5) is 19.2. The summed E-state index contributed by atoms with van der Waals surface area (Å²) < 4.78 is 6.64. The fourth-order valence-electron chi connectivity index (χ4n) is 4.14. The maximum atomic E-state index is 11.0. The minimum atomic E-state index is -2.04. The Labute approximate surface area is 162 Å². The van der Waals surface area contributed by atoms with E-state index in [2.05, 4.69) is 67.4 Å². The van der Waals surface area contributed by atoms with Crippen molar-refractivity contribution in [3.63, 3.8) is 0 Å². The van der Waals surface area contributed by atoms with E-state index in [4.69, 9.17) is 10.2 Å². The molecule has 0 aromatic carbocycles. The van der Waals surface area contributed by atoms with Gasteiger partial charge in [0, 0.05) is 6.07 Å². The van der Waals surface area contributed by atoms with E-state index in [0.717, 1.165) is 5.51 Å². The topological polar surface area (TPSA) is 108 Å². The van der Waals surface area contributed by atoms with Crippen LogP contribution in [0, 0.1) is 10.1 Å². The highest BCUT2D eigenvalue weighted by molar-refractivity contribution is 9.10. The second-order valence-corrected chi connectivity index (χ2v) is 14.0. The average Bonchev–Trinajstić information content (AvgIpc) is 2.98. The van der Waals surface area contributed by atoms with E-state index >= 15 is 0 Å². The Morgan fingerprint density at radius 3 is 2.19 bits per heavy atom. The fourth-order valence-corrected chi connectivity index (χ4v) is 10.7. The van der Waals surface area contributed by atoms with Gasteiger partial charge in [0.25, 0.3) is 0 Å². The number of nitrogens with zero attached hydrogens (tertiary/aromatic N) is 3. The van der Waals surface area contributed by atoms with Crippen LogP contribution >= 0.6 is 15.9 Å². The summed E-state index contributed by atoms with van der Waals surface area (Å²) in [6.07, 6.45) is 1.64. The SMILES string of the molecule is CC(C)[Si](c1ncc(-c2nc(N)c([N+](=O)[O-])cc2Br)o1)(C(C)C)C(C)C.